The standard InChI is InChI=1S/C22H24N6OS/c1-14(2)27-9-8-17-18(11-27)30-22-20(17)21-25-19(26-28(21)13-23-22)12-29-24-10-16-6-4-15(3)5-7-16/h4-7,10,13-14H,8-9,11-12H2,1-3H3. The summed E-state index contributed by atoms with van der Waals surface area (Å²) < 4.78 is 1.76. The Kier molecular flexibility index (Phi) is 4.96. The monoisotopic (exact) mass is 420 g/mol. The Morgan fingerprint density at radius 3 is 2.90 bits per heavy atom. The van der Waals surface area contributed by atoms with E-state index >= 15 is 0 Å². The van der Waals surface area contributed by atoms with Crippen LogP contribution in [0.1, 0.15) is 41.2 Å². The van der Waals surface area contributed by atoms with Gasteiger partial charge in [-0.1, -0.05) is 35.0 Å². The first kappa shape index (κ1) is 19.1. The number of oxime groups is 1. The van der Waals surface area contributed by atoms with E-state index in [4.69, 9.17) is 9.82 Å². The predicted molar refractivity (Wildman–Crippen MR) is 119 cm³/mol. The summed E-state index contributed by atoms with van der Waals surface area (Å²) in [5.74, 6) is 0.602. The van der Waals surface area contributed by atoms with Gasteiger partial charge in [0.2, 0.25) is 0 Å². The van der Waals surface area contributed by atoms with Crippen molar-refractivity contribution < 1.29 is 4.84 Å². The minimum atomic E-state index is 0.221. The molecule has 0 bridgehead atoms. The summed E-state index contributed by atoms with van der Waals surface area (Å²) in [6.07, 6.45) is 4.46. The van der Waals surface area contributed by atoms with Gasteiger partial charge < -0.3 is 4.84 Å². The maximum Gasteiger partial charge on any atom is 0.192 e. The molecular weight excluding hydrogens is 396 g/mol. The van der Waals surface area contributed by atoms with Gasteiger partial charge in [0, 0.05) is 24.0 Å². The second-order valence-corrected chi connectivity index (χ2v) is 9.04. The van der Waals surface area contributed by atoms with Crippen molar-refractivity contribution >= 4 is 33.4 Å². The number of thiophene rings is 1. The summed E-state index contributed by atoms with van der Waals surface area (Å²) in [4.78, 5) is 19.7. The number of hydrogen-bond donors (Lipinski definition) is 0. The quantitative estimate of drug-likeness (QED) is 0.361. The zero-order valence-electron chi connectivity index (χ0n) is 17.4. The summed E-state index contributed by atoms with van der Waals surface area (Å²) in [5.41, 5.74) is 4.45. The van der Waals surface area contributed by atoms with Crippen LogP contribution in [0.2, 0.25) is 0 Å². The van der Waals surface area contributed by atoms with E-state index in [9.17, 15) is 0 Å². The van der Waals surface area contributed by atoms with Crippen LogP contribution in [0.25, 0.3) is 15.9 Å². The second-order valence-electron chi connectivity index (χ2n) is 7.96. The number of nitrogens with zero attached hydrogens (tertiary/aromatic N) is 6. The van der Waals surface area contributed by atoms with Gasteiger partial charge in [-0.2, -0.15) is 0 Å². The number of benzene rings is 1. The van der Waals surface area contributed by atoms with Crippen molar-refractivity contribution in [1.29, 1.82) is 0 Å². The first-order valence-electron chi connectivity index (χ1n) is 10.2. The van der Waals surface area contributed by atoms with E-state index in [0.29, 0.717) is 11.9 Å². The van der Waals surface area contributed by atoms with Crippen LogP contribution in [0.4, 0.5) is 0 Å². The van der Waals surface area contributed by atoms with E-state index < -0.39 is 0 Å². The number of aromatic nitrogens is 4. The molecule has 5 rings (SSSR count). The molecule has 0 saturated heterocycles. The van der Waals surface area contributed by atoms with Crippen molar-refractivity contribution in [2.75, 3.05) is 6.54 Å². The maximum atomic E-state index is 5.44. The predicted octanol–water partition coefficient (Wildman–Crippen LogP) is 3.96. The van der Waals surface area contributed by atoms with Crippen LogP contribution in [-0.2, 0) is 24.4 Å². The number of rotatable bonds is 5. The molecule has 7 nitrogen and oxygen atoms in total. The average Bonchev–Trinajstić information content (AvgIpc) is 3.32. The second kappa shape index (κ2) is 7.77. The Labute approximate surface area is 179 Å². The summed E-state index contributed by atoms with van der Waals surface area (Å²) in [5, 5.41) is 9.72. The Bertz CT molecular complexity index is 1220. The molecule has 3 aromatic heterocycles. The molecule has 30 heavy (non-hydrogen) atoms. The lowest BCUT2D eigenvalue weighted by Crippen LogP contribution is -2.35. The van der Waals surface area contributed by atoms with E-state index in [1.165, 1.54) is 16.0 Å². The van der Waals surface area contributed by atoms with E-state index in [1.807, 2.05) is 24.3 Å². The molecule has 0 saturated carbocycles. The number of aryl methyl sites for hydroxylation is 1. The molecule has 4 heterocycles. The van der Waals surface area contributed by atoms with Crippen LogP contribution < -0.4 is 0 Å². The van der Waals surface area contributed by atoms with Crippen LogP contribution in [0.5, 0.6) is 0 Å². The van der Waals surface area contributed by atoms with Crippen molar-refractivity contribution in [1.82, 2.24) is 24.5 Å². The average molecular weight is 421 g/mol. The molecule has 0 atom stereocenters. The van der Waals surface area contributed by atoms with Gasteiger partial charge in [-0.05, 0) is 38.3 Å². The molecule has 0 spiro atoms. The summed E-state index contributed by atoms with van der Waals surface area (Å²) in [6, 6.07) is 8.66. The van der Waals surface area contributed by atoms with E-state index in [-0.39, 0.29) is 6.61 Å². The third kappa shape index (κ3) is 3.57. The molecule has 0 fully saturated rings. The maximum absolute atomic E-state index is 5.44. The fourth-order valence-electron chi connectivity index (χ4n) is 3.80. The number of fused-ring (bicyclic) bond motifs is 5. The SMILES string of the molecule is Cc1ccc(C=NOCc2nc3c4c5c(sc4ncn3n2)CN(C(C)C)CC5)cc1. The Morgan fingerprint density at radius 1 is 1.27 bits per heavy atom. The van der Waals surface area contributed by atoms with Crippen LogP contribution in [-0.4, -0.2) is 43.3 Å². The molecule has 8 heteroatoms. The topological polar surface area (TPSA) is 67.9 Å². The summed E-state index contributed by atoms with van der Waals surface area (Å²) in [7, 11) is 0. The largest absolute Gasteiger partial charge is 0.387 e. The highest BCUT2D eigenvalue weighted by Crippen LogP contribution is 2.36. The smallest absolute Gasteiger partial charge is 0.192 e. The minimum absolute atomic E-state index is 0.221. The molecule has 0 aliphatic carbocycles. The van der Waals surface area contributed by atoms with E-state index in [0.717, 1.165) is 40.9 Å². The first-order chi connectivity index (χ1) is 14.6. The molecule has 1 aromatic carbocycles. The van der Waals surface area contributed by atoms with Gasteiger partial charge in [0.15, 0.2) is 18.1 Å². The molecule has 4 aromatic rings. The Balaban J connectivity index is 1.38. The minimum Gasteiger partial charge on any atom is -0.387 e. The zero-order valence-corrected chi connectivity index (χ0v) is 18.2. The lowest BCUT2D eigenvalue weighted by atomic mass is 10.0. The van der Waals surface area contributed by atoms with Gasteiger partial charge in [0.05, 0.1) is 11.6 Å². The van der Waals surface area contributed by atoms with Gasteiger partial charge >= 0.3 is 0 Å². The van der Waals surface area contributed by atoms with Gasteiger partial charge in [-0.25, -0.2) is 14.5 Å². The summed E-state index contributed by atoms with van der Waals surface area (Å²) in [6.45, 7) is 8.83. The zero-order chi connectivity index (χ0) is 20.7. The van der Waals surface area contributed by atoms with Crippen LogP contribution in [0.3, 0.4) is 0 Å². The normalized spacial score (nSPS) is 14.9. The molecule has 0 unspecified atom stereocenters. The third-order valence-corrected chi connectivity index (χ3v) is 6.65. The van der Waals surface area contributed by atoms with Crippen LogP contribution in [0, 0.1) is 6.92 Å². The Morgan fingerprint density at radius 2 is 2.10 bits per heavy atom. The van der Waals surface area contributed by atoms with Crippen molar-refractivity contribution in [2.24, 2.45) is 5.16 Å². The molecule has 0 amide bonds. The fourth-order valence-corrected chi connectivity index (χ4v) is 5.01. The van der Waals surface area contributed by atoms with Crippen molar-refractivity contribution in [3.63, 3.8) is 0 Å². The van der Waals surface area contributed by atoms with E-state index in [1.54, 1.807) is 28.4 Å². The Hall–Kier alpha value is -2.84. The van der Waals surface area contributed by atoms with Gasteiger partial charge in [0.1, 0.15) is 11.2 Å². The molecular formula is C22H24N6OS. The molecule has 1 aliphatic heterocycles. The molecule has 0 N–H and O–H groups in total. The lowest BCUT2D eigenvalue weighted by Gasteiger charge is -2.30. The van der Waals surface area contributed by atoms with Gasteiger partial charge in [-0.3, -0.25) is 4.90 Å². The van der Waals surface area contributed by atoms with Crippen molar-refractivity contribution in [3.8, 4) is 0 Å². The first-order valence-corrected chi connectivity index (χ1v) is 11.0. The van der Waals surface area contributed by atoms with Gasteiger partial charge in [-0.15, -0.1) is 16.4 Å². The number of hydrogen-bond acceptors (Lipinski definition) is 7. The summed E-state index contributed by atoms with van der Waals surface area (Å²) >= 11 is 1.78. The molecule has 154 valence electrons. The highest BCUT2D eigenvalue weighted by molar-refractivity contribution is 7.19. The van der Waals surface area contributed by atoms with E-state index in [2.05, 4.69) is 40.9 Å². The molecule has 0 radical (unpaired) electrons. The highest BCUT2D eigenvalue weighted by Gasteiger charge is 2.25. The van der Waals surface area contributed by atoms with Crippen LogP contribution >= 0.6 is 11.3 Å². The highest BCUT2D eigenvalue weighted by atomic mass is 32.1. The van der Waals surface area contributed by atoms with Crippen LogP contribution in [0.15, 0.2) is 35.7 Å². The van der Waals surface area contributed by atoms with Crippen molar-refractivity contribution in [2.45, 2.75) is 46.4 Å². The third-order valence-electron chi connectivity index (χ3n) is 5.53. The fraction of sp³-hybridized carbons (Fsp3) is 0.364. The van der Waals surface area contributed by atoms with Crippen molar-refractivity contribution in [3.05, 3.63) is 58.0 Å². The lowest BCUT2D eigenvalue weighted by molar-refractivity contribution is 0.126. The molecule has 1 aliphatic rings. The van der Waals surface area contributed by atoms with Gasteiger partial charge in [0.25, 0.3) is 0 Å².